The molecule has 7 heteroatoms. The molecule has 0 unspecified atom stereocenters. The molecule has 0 aliphatic heterocycles. The van der Waals surface area contributed by atoms with Crippen molar-refractivity contribution in [3.05, 3.63) is 71.8 Å². The Morgan fingerprint density at radius 3 is 2.00 bits per heavy atom. The lowest BCUT2D eigenvalue weighted by Gasteiger charge is -2.20. The number of benzene rings is 2. The van der Waals surface area contributed by atoms with Crippen molar-refractivity contribution in [2.75, 3.05) is 47.4 Å². The molecule has 0 radical (unpaired) electrons. The van der Waals surface area contributed by atoms with Gasteiger partial charge in [0.1, 0.15) is 6.54 Å². The second-order valence-electron chi connectivity index (χ2n) is 6.96. The minimum absolute atomic E-state index is 0. The molecule has 164 valence electrons. The second-order valence-corrected chi connectivity index (χ2v) is 6.96. The van der Waals surface area contributed by atoms with E-state index in [9.17, 15) is 4.79 Å². The van der Waals surface area contributed by atoms with Crippen LogP contribution in [0, 0.1) is 0 Å². The fourth-order valence-corrected chi connectivity index (χ4v) is 2.97. The number of aliphatic imine (C=N–C) groups is 1. The zero-order valence-electron chi connectivity index (χ0n) is 18.0. The summed E-state index contributed by atoms with van der Waals surface area (Å²) in [7, 11) is 5.12. The normalized spacial score (nSPS) is 11.0. The highest BCUT2D eigenvalue weighted by Crippen LogP contribution is 2.27. The largest absolute Gasteiger partial charge is 0.383 e. The summed E-state index contributed by atoms with van der Waals surface area (Å²) in [5, 5.41) is 6.57. The van der Waals surface area contributed by atoms with E-state index >= 15 is 0 Å². The molecule has 2 rings (SSSR count). The molecule has 0 aromatic heterocycles. The molecular formula is C23H33IN4O2. The Balaban J connectivity index is 0.00000450. The first kappa shape index (κ1) is 25.9. The first-order valence-corrected chi connectivity index (χ1v) is 9.93. The van der Waals surface area contributed by atoms with Crippen LogP contribution < -0.4 is 10.6 Å². The van der Waals surface area contributed by atoms with E-state index in [1.807, 2.05) is 12.1 Å². The first-order valence-electron chi connectivity index (χ1n) is 9.93. The monoisotopic (exact) mass is 524 g/mol. The Morgan fingerprint density at radius 1 is 0.967 bits per heavy atom. The van der Waals surface area contributed by atoms with Crippen LogP contribution in [0.2, 0.25) is 0 Å². The van der Waals surface area contributed by atoms with Gasteiger partial charge in [-0.05, 0) is 17.5 Å². The van der Waals surface area contributed by atoms with E-state index < -0.39 is 0 Å². The van der Waals surface area contributed by atoms with E-state index in [4.69, 9.17) is 4.74 Å². The van der Waals surface area contributed by atoms with Gasteiger partial charge in [0.15, 0.2) is 5.96 Å². The summed E-state index contributed by atoms with van der Waals surface area (Å²) in [5.41, 5.74) is 2.57. The third-order valence-electron chi connectivity index (χ3n) is 4.60. The van der Waals surface area contributed by atoms with Crippen molar-refractivity contribution in [1.82, 2.24) is 15.5 Å². The molecule has 0 bridgehead atoms. The molecule has 0 heterocycles. The highest BCUT2D eigenvalue weighted by Gasteiger charge is 2.14. The molecule has 0 saturated carbocycles. The lowest BCUT2D eigenvalue weighted by molar-refractivity contribution is -0.127. The Kier molecular flexibility index (Phi) is 12.8. The first-order chi connectivity index (χ1) is 14.1. The SMILES string of the molecule is COCCNC(=NCC(=O)N(C)C)NCCC(c1ccccc1)c1ccccc1.I. The average Bonchev–Trinajstić information content (AvgIpc) is 2.75. The van der Waals surface area contributed by atoms with Crippen LogP contribution in [-0.2, 0) is 9.53 Å². The van der Waals surface area contributed by atoms with Gasteiger partial charge in [0.25, 0.3) is 0 Å². The summed E-state index contributed by atoms with van der Waals surface area (Å²) < 4.78 is 5.09. The quantitative estimate of drug-likeness (QED) is 0.217. The molecular weight excluding hydrogens is 491 g/mol. The maximum absolute atomic E-state index is 11.9. The van der Waals surface area contributed by atoms with Gasteiger partial charge in [-0.1, -0.05) is 60.7 Å². The molecule has 0 aliphatic carbocycles. The molecule has 0 saturated heterocycles. The predicted molar refractivity (Wildman–Crippen MR) is 134 cm³/mol. The van der Waals surface area contributed by atoms with Crippen molar-refractivity contribution in [2.24, 2.45) is 4.99 Å². The fourth-order valence-electron chi connectivity index (χ4n) is 2.97. The van der Waals surface area contributed by atoms with Gasteiger partial charge >= 0.3 is 0 Å². The van der Waals surface area contributed by atoms with Crippen LogP contribution in [0.1, 0.15) is 23.5 Å². The third kappa shape index (κ3) is 9.13. The van der Waals surface area contributed by atoms with Gasteiger partial charge in [0.05, 0.1) is 6.61 Å². The Bertz CT molecular complexity index is 715. The number of guanidine groups is 1. The number of amides is 1. The predicted octanol–water partition coefficient (Wildman–Crippen LogP) is 3.10. The molecule has 2 N–H and O–H groups in total. The number of methoxy groups -OCH3 is 1. The number of halogens is 1. The van der Waals surface area contributed by atoms with Crippen LogP contribution in [0.15, 0.2) is 65.7 Å². The maximum atomic E-state index is 11.9. The van der Waals surface area contributed by atoms with Crippen LogP contribution >= 0.6 is 24.0 Å². The lowest BCUT2D eigenvalue weighted by atomic mass is 9.88. The van der Waals surface area contributed by atoms with Crippen molar-refractivity contribution >= 4 is 35.8 Å². The van der Waals surface area contributed by atoms with Gasteiger partial charge in [0.2, 0.25) is 5.91 Å². The number of carbonyl (C=O) groups excluding carboxylic acids is 1. The average molecular weight is 524 g/mol. The fraction of sp³-hybridized carbons (Fsp3) is 0.391. The molecule has 30 heavy (non-hydrogen) atoms. The molecule has 0 fully saturated rings. The summed E-state index contributed by atoms with van der Waals surface area (Å²) in [6.45, 7) is 2.03. The highest BCUT2D eigenvalue weighted by molar-refractivity contribution is 14.0. The number of hydrogen-bond donors (Lipinski definition) is 2. The Morgan fingerprint density at radius 2 is 1.50 bits per heavy atom. The van der Waals surface area contributed by atoms with Crippen LogP contribution in [0.5, 0.6) is 0 Å². The Hall–Kier alpha value is -2.13. The standard InChI is InChI=1S/C23H32N4O2.HI/c1-27(2)22(28)18-26-23(25-16-17-29-3)24-15-14-21(19-10-6-4-7-11-19)20-12-8-5-9-13-20;/h4-13,21H,14-18H2,1-3H3,(H2,24,25,26);1H. The van der Waals surface area contributed by atoms with E-state index in [1.165, 1.54) is 16.0 Å². The van der Waals surface area contributed by atoms with E-state index in [-0.39, 0.29) is 42.3 Å². The van der Waals surface area contributed by atoms with Gasteiger partial charge in [-0.3, -0.25) is 4.79 Å². The van der Waals surface area contributed by atoms with Crippen LogP contribution in [0.3, 0.4) is 0 Å². The number of carbonyl (C=O) groups is 1. The van der Waals surface area contributed by atoms with Crippen LogP contribution in [-0.4, -0.2) is 64.2 Å². The molecule has 0 spiro atoms. The zero-order chi connectivity index (χ0) is 20.9. The van der Waals surface area contributed by atoms with Crippen LogP contribution in [0.25, 0.3) is 0 Å². The summed E-state index contributed by atoms with van der Waals surface area (Å²) in [6.07, 6.45) is 0.903. The van der Waals surface area contributed by atoms with Crippen molar-refractivity contribution in [1.29, 1.82) is 0 Å². The van der Waals surface area contributed by atoms with Crippen molar-refractivity contribution in [2.45, 2.75) is 12.3 Å². The molecule has 1 amide bonds. The summed E-state index contributed by atoms with van der Waals surface area (Å²) in [4.78, 5) is 17.8. The van der Waals surface area contributed by atoms with Crippen molar-refractivity contribution in [3.63, 3.8) is 0 Å². The zero-order valence-corrected chi connectivity index (χ0v) is 20.3. The molecule has 2 aromatic rings. The molecule has 0 aliphatic rings. The van der Waals surface area contributed by atoms with E-state index in [0.717, 1.165) is 13.0 Å². The van der Waals surface area contributed by atoms with Gasteiger partial charge in [-0.2, -0.15) is 0 Å². The third-order valence-corrected chi connectivity index (χ3v) is 4.60. The van der Waals surface area contributed by atoms with Crippen molar-refractivity contribution in [3.8, 4) is 0 Å². The number of ether oxygens (including phenoxy) is 1. The second kappa shape index (κ2) is 14.8. The van der Waals surface area contributed by atoms with E-state index in [1.54, 1.807) is 21.2 Å². The lowest BCUT2D eigenvalue weighted by Crippen LogP contribution is -2.40. The summed E-state index contributed by atoms with van der Waals surface area (Å²) >= 11 is 0. The number of likely N-dealkylation sites (N-methyl/N-ethyl adjacent to an activating group) is 1. The summed E-state index contributed by atoms with van der Waals surface area (Å²) in [6, 6.07) is 21.0. The summed E-state index contributed by atoms with van der Waals surface area (Å²) in [5.74, 6) is 0.870. The number of hydrogen-bond acceptors (Lipinski definition) is 3. The van der Waals surface area contributed by atoms with E-state index in [2.05, 4.69) is 64.2 Å². The molecule has 0 atom stereocenters. The topological polar surface area (TPSA) is 66.0 Å². The minimum Gasteiger partial charge on any atom is -0.383 e. The van der Waals surface area contributed by atoms with Gasteiger partial charge in [0, 0.05) is 40.2 Å². The van der Waals surface area contributed by atoms with Gasteiger partial charge in [-0.25, -0.2) is 4.99 Å². The number of nitrogens with one attached hydrogen (secondary N) is 2. The number of rotatable bonds is 10. The minimum atomic E-state index is -0.0377. The number of nitrogens with zero attached hydrogens (tertiary/aromatic N) is 2. The highest BCUT2D eigenvalue weighted by atomic mass is 127. The smallest absolute Gasteiger partial charge is 0.243 e. The van der Waals surface area contributed by atoms with Gasteiger partial charge < -0.3 is 20.3 Å². The Labute approximate surface area is 197 Å². The maximum Gasteiger partial charge on any atom is 0.243 e. The molecule has 2 aromatic carbocycles. The van der Waals surface area contributed by atoms with Crippen LogP contribution in [0.4, 0.5) is 0 Å². The molecule has 6 nitrogen and oxygen atoms in total. The van der Waals surface area contributed by atoms with Crippen molar-refractivity contribution < 1.29 is 9.53 Å². The van der Waals surface area contributed by atoms with E-state index in [0.29, 0.717) is 19.1 Å². The van der Waals surface area contributed by atoms with Gasteiger partial charge in [-0.15, -0.1) is 24.0 Å².